The third-order valence-corrected chi connectivity index (χ3v) is 1.95. The van der Waals surface area contributed by atoms with Gasteiger partial charge in [0.05, 0.1) is 0 Å². The summed E-state index contributed by atoms with van der Waals surface area (Å²) < 4.78 is 0. The zero-order chi connectivity index (χ0) is 9.78. The lowest BCUT2D eigenvalue weighted by Gasteiger charge is -2.04. The van der Waals surface area contributed by atoms with Gasteiger partial charge in [-0.1, -0.05) is 25.8 Å². The molecular formula is C11H24N2. The first-order valence-electron chi connectivity index (χ1n) is 5.44. The minimum atomic E-state index is 0.926. The van der Waals surface area contributed by atoms with Crippen LogP contribution in [0.2, 0.25) is 0 Å². The molecule has 0 aliphatic heterocycles. The van der Waals surface area contributed by atoms with Crippen LogP contribution in [0.5, 0.6) is 0 Å². The molecule has 2 N–H and O–H groups in total. The lowest BCUT2D eigenvalue weighted by molar-refractivity contribution is 0.583. The quantitative estimate of drug-likeness (QED) is 0.400. The van der Waals surface area contributed by atoms with Crippen LogP contribution in [0.3, 0.4) is 0 Å². The second kappa shape index (κ2) is 11.7. The maximum absolute atomic E-state index is 3.65. The maximum atomic E-state index is 3.65. The summed E-state index contributed by atoms with van der Waals surface area (Å²) in [5.74, 6) is 0. The molecule has 0 heterocycles. The van der Waals surface area contributed by atoms with Crippen LogP contribution in [0.4, 0.5) is 0 Å². The van der Waals surface area contributed by atoms with Crippen molar-refractivity contribution in [2.75, 3.05) is 26.2 Å². The van der Waals surface area contributed by atoms with Crippen molar-refractivity contribution in [3.63, 3.8) is 0 Å². The van der Waals surface area contributed by atoms with Gasteiger partial charge in [0.1, 0.15) is 0 Å². The monoisotopic (exact) mass is 184 g/mol. The molecule has 0 aromatic heterocycles. The van der Waals surface area contributed by atoms with Gasteiger partial charge >= 0.3 is 0 Å². The summed E-state index contributed by atoms with van der Waals surface area (Å²) in [4.78, 5) is 0. The molecule has 0 saturated heterocycles. The van der Waals surface area contributed by atoms with Crippen LogP contribution < -0.4 is 10.6 Å². The minimum absolute atomic E-state index is 0.926. The van der Waals surface area contributed by atoms with Crippen molar-refractivity contribution in [3.8, 4) is 0 Å². The second-order valence-corrected chi connectivity index (χ2v) is 3.30. The van der Waals surface area contributed by atoms with Crippen molar-refractivity contribution in [1.29, 1.82) is 0 Å². The van der Waals surface area contributed by atoms with E-state index in [2.05, 4.69) is 24.1 Å². The summed E-state index contributed by atoms with van der Waals surface area (Å²) in [6.45, 7) is 10.2. The van der Waals surface area contributed by atoms with Crippen molar-refractivity contribution in [1.82, 2.24) is 10.6 Å². The fourth-order valence-corrected chi connectivity index (χ4v) is 1.17. The fraction of sp³-hybridized carbons (Fsp3) is 0.818. The summed E-state index contributed by atoms with van der Waals surface area (Å²) in [6, 6.07) is 0. The first-order valence-corrected chi connectivity index (χ1v) is 5.44. The molecule has 0 aliphatic carbocycles. The highest BCUT2D eigenvalue weighted by molar-refractivity contribution is 4.69. The number of hydrogen-bond acceptors (Lipinski definition) is 2. The predicted molar refractivity (Wildman–Crippen MR) is 60.1 cm³/mol. The van der Waals surface area contributed by atoms with Crippen LogP contribution in [0.25, 0.3) is 0 Å². The molecule has 2 heteroatoms. The zero-order valence-electron chi connectivity index (χ0n) is 8.94. The minimum Gasteiger partial charge on any atom is -0.317 e. The van der Waals surface area contributed by atoms with Gasteiger partial charge in [-0.25, -0.2) is 0 Å². The summed E-state index contributed by atoms with van der Waals surface area (Å²) >= 11 is 0. The van der Waals surface area contributed by atoms with Crippen molar-refractivity contribution in [3.05, 3.63) is 12.7 Å². The molecule has 0 spiro atoms. The van der Waals surface area contributed by atoms with Crippen molar-refractivity contribution in [2.45, 2.75) is 32.6 Å². The number of unbranched alkanes of at least 4 members (excludes halogenated alkanes) is 2. The third-order valence-electron chi connectivity index (χ3n) is 1.95. The van der Waals surface area contributed by atoms with Crippen LogP contribution in [-0.2, 0) is 0 Å². The molecule has 2 nitrogen and oxygen atoms in total. The van der Waals surface area contributed by atoms with E-state index in [0.717, 1.165) is 19.6 Å². The van der Waals surface area contributed by atoms with Gasteiger partial charge in [-0.15, -0.1) is 6.58 Å². The normalized spacial score (nSPS) is 10.2. The Labute approximate surface area is 82.8 Å². The molecule has 0 unspecified atom stereocenters. The van der Waals surface area contributed by atoms with E-state index in [1.165, 1.54) is 32.2 Å². The molecule has 78 valence electrons. The van der Waals surface area contributed by atoms with E-state index in [0.29, 0.717) is 0 Å². The Morgan fingerprint density at radius 1 is 1.00 bits per heavy atom. The highest BCUT2D eigenvalue weighted by Gasteiger charge is 1.87. The Morgan fingerprint density at radius 2 is 1.69 bits per heavy atom. The van der Waals surface area contributed by atoms with Crippen LogP contribution in [0, 0.1) is 0 Å². The SMILES string of the molecule is C=CCNCCCNCCCCC. The standard InChI is InChI=1S/C11H24N2/c1-3-5-6-9-13-11-7-10-12-8-4-2/h4,12-13H,2-3,5-11H2,1H3. The first kappa shape index (κ1) is 12.7. The molecule has 0 amide bonds. The zero-order valence-corrected chi connectivity index (χ0v) is 8.94. The lowest BCUT2D eigenvalue weighted by Crippen LogP contribution is -2.22. The molecule has 0 atom stereocenters. The molecule has 0 aromatic rings. The van der Waals surface area contributed by atoms with Crippen molar-refractivity contribution in [2.24, 2.45) is 0 Å². The Bertz CT molecular complexity index is 102. The van der Waals surface area contributed by atoms with E-state index in [1.807, 2.05) is 6.08 Å². The van der Waals surface area contributed by atoms with Gasteiger partial charge in [-0.3, -0.25) is 0 Å². The van der Waals surface area contributed by atoms with Crippen LogP contribution >= 0.6 is 0 Å². The first-order chi connectivity index (χ1) is 6.41. The molecule has 0 aliphatic rings. The van der Waals surface area contributed by atoms with Gasteiger partial charge in [0.2, 0.25) is 0 Å². The fourth-order valence-electron chi connectivity index (χ4n) is 1.17. The van der Waals surface area contributed by atoms with Crippen molar-refractivity contribution >= 4 is 0 Å². The van der Waals surface area contributed by atoms with E-state index in [-0.39, 0.29) is 0 Å². The average Bonchev–Trinajstić information content (AvgIpc) is 2.16. The molecule has 0 radical (unpaired) electrons. The van der Waals surface area contributed by atoms with E-state index >= 15 is 0 Å². The van der Waals surface area contributed by atoms with E-state index < -0.39 is 0 Å². The molecule has 13 heavy (non-hydrogen) atoms. The molecular weight excluding hydrogens is 160 g/mol. The summed E-state index contributed by atoms with van der Waals surface area (Å²) in [7, 11) is 0. The van der Waals surface area contributed by atoms with Crippen LogP contribution in [0.1, 0.15) is 32.6 Å². The van der Waals surface area contributed by atoms with Gasteiger partial charge in [0, 0.05) is 6.54 Å². The molecule has 0 fully saturated rings. The lowest BCUT2D eigenvalue weighted by atomic mass is 10.2. The summed E-state index contributed by atoms with van der Waals surface area (Å²) in [6.07, 6.45) is 7.08. The van der Waals surface area contributed by atoms with Gasteiger partial charge in [0.15, 0.2) is 0 Å². The molecule has 0 saturated carbocycles. The second-order valence-electron chi connectivity index (χ2n) is 3.30. The predicted octanol–water partition coefficient (Wildman–Crippen LogP) is 1.93. The number of rotatable bonds is 10. The molecule has 0 rings (SSSR count). The Balaban J connectivity index is 2.79. The van der Waals surface area contributed by atoms with E-state index in [1.54, 1.807) is 0 Å². The largest absolute Gasteiger partial charge is 0.317 e. The Kier molecular flexibility index (Phi) is 11.4. The van der Waals surface area contributed by atoms with Gasteiger partial charge in [-0.2, -0.15) is 0 Å². The average molecular weight is 184 g/mol. The Morgan fingerprint density at radius 3 is 2.38 bits per heavy atom. The highest BCUT2D eigenvalue weighted by atomic mass is 14.9. The third kappa shape index (κ3) is 11.7. The summed E-state index contributed by atoms with van der Waals surface area (Å²) in [5.41, 5.74) is 0. The maximum Gasteiger partial charge on any atom is 0.0132 e. The molecule has 0 aromatic carbocycles. The topological polar surface area (TPSA) is 24.1 Å². The Hall–Kier alpha value is -0.340. The molecule has 0 bridgehead atoms. The van der Waals surface area contributed by atoms with Crippen LogP contribution in [0.15, 0.2) is 12.7 Å². The van der Waals surface area contributed by atoms with Crippen LogP contribution in [-0.4, -0.2) is 26.2 Å². The highest BCUT2D eigenvalue weighted by Crippen LogP contribution is 1.90. The summed E-state index contributed by atoms with van der Waals surface area (Å²) in [5, 5.41) is 6.71. The van der Waals surface area contributed by atoms with Gasteiger partial charge in [-0.05, 0) is 32.5 Å². The smallest absolute Gasteiger partial charge is 0.0132 e. The van der Waals surface area contributed by atoms with E-state index in [9.17, 15) is 0 Å². The van der Waals surface area contributed by atoms with E-state index in [4.69, 9.17) is 0 Å². The van der Waals surface area contributed by atoms with Gasteiger partial charge < -0.3 is 10.6 Å². The number of nitrogens with one attached hydrogen (secondary N) is 2. The van der Waals surface area contributed by atoms with Gasteiger partial charge in [0.25, 0.3) is 0 Å². The van der Waals surface area contributed by atoms with Crippen molar-refractivity contribution < 1.29 is 0 Å². The number of hydrogen-bond donors (Lipinski definition) is 2.